The molecule has 2 aromatic rings. The Morgan fingerprint density at radius 3 is 3.05 bits per heavy atom. The van der Waals surface area contributed by atoms with Crippen LogP contribution < -0.4 is 0 Å². The van der Waals surface area contributed by atoms with Gasteiger partial charge in [-0.25, -0.2) is 0 Å². The molecule has 0 radical (unpaired) electrons. The Labute approximate surface area is 133 Å². The summed E-state index contributed by atoms with van der Waals surface area (Å²) in [6, 6.07) is 9.08. The Morgan fingerprint density at radius 1 is 1.43 bits per heavy atom. The minimum absolute atomic E-state index is 0.402. The summed E-state index contributed by atoms with van der Waals surface area (Å²) in [5.74, 6) is 2.79. The predicted octanol–water partition coefficient (Wildman–Crippen LogP) is 3.38. The summed E-state index contributed by atoms with van der Waals surface area (Å²) in [6.07, 6.45) is 9.87. The van der Waals surface area contributed by atoms with E-state index in [4.69, 9.17) is 6.42 Å². The number of rotatable bonds is 5. The molecule has 1 heterocycles. The van der Waals surface area contributed by atoms with Crippen LogP contribution in [0.3, 0.4) is 0 Å². The van der Waals surface area contributed by atoms with Crippen molar-refractivity contribution in [1.29, 1.82) is 0 Å². The first-order valence-corrected chi connectivity index (χ1v) is 8.97. The molecule has 0 fully saturated rings. The Hall–Kier alpha value is -1.35. The summed E-state index contributed by atoms with van der Waals surface area (Å²) >= 11 is 3.29. The highest BCUT2D eigenvalue weighted by Crippen LogP contribution is 2.36. The molecule has 0 unspecified atom stereocenters. The molecule has 5 heteroatoms. The maximum atomic E-state index is 5.57. The van der Waals surface area contributed by atoms with Crippen LogP contribution in [-0.2, 0) is 13.0 Å². The molecule has 0 saturated heterocycles. The lowest BCUT2D eigenvalue weighted by molar-refractivity contribution is 0.212. The van der Waals surface area contributed by atoms with Crippen molar-refractivity contribution in [2.24, 2.45) is 0 Å². The molecule has 0 N–H and O–H groups in total. The van der Waals surface area contributed by atoms with Crippen LogP contribution in [-0.4, -0.2) is 27.9 Å². The second-order valence-corrected chi connectivity index (χ2v) is 7.14. The summed E-state index contributed by atoms with van der Waals surface area (Å²) in [7, 11) is 0. The van der Waals surface area contributed by atoms with E-state index in [0.29, 0.717) is 12.6 Å². The second-order valence-electron chi connectivity index (χ2n) is 5.03. The molecule has 0 amide bonds. The number of aromatic nitrogens is 2. The maximum absolute atomic E-state index is 5.57. The molecular weight excluding hydrogens is 298 g/mol. The van der Waals surface area contributed by atoms with E-state index in [1.807, 2.05) is 6.26 Å². The van der Waals surface area contributed by atoms with E-state index in [1.165, 1.54) is 11.1 Å². The van der Waals surface area contributed by atoms with Crippen molar-refractivity contribution in [3.05, 3.63) is 40.4 Å². The van der Waals surface area contributed by atoms with Crippen molar-refractivity contribution in [2.75, 3.05) is 12.8 Å². The molecule has 1 aliphatic rings. The quantitative estimate of drug-likeness (QED) is 0.625. The van der Waals surface area contributed by atoms with Gasteiger partial charge in [0.25, 0.3) is 0 Å². The molecule has 21 heavy (non-hydrogen) atoms. The van der Waals surface area contributed by atoms with E-state index in [0.717, 1.165) is 28.7 Å². The minimum Gasteiger partial charge on any atom is -0.278 e. The number of thioether (sulfide) groups is 1. The maximum Gasteiger partial charge on any atom is 0.174 e. The minimum atomic E-state index is 0.402. The zero-order valence-corrected chi connectivity index (χ0v) is 13.6. The first-order chi connectivity index (χ1) is 10.3. The molecule has 0 aliphatic heterocycles. The fraction of sp³-hybridized carbons (Fsp3) is 0.375. The van der Waals surface area contributed by atoms with Crippen LogP contribution in [0.15, 0.2) is 28.6 Å². The number of fused-ring (bicyclic) bond motifs is 1. The highest BCUT2D eigenvalue weighted by Gasteiger charge is 2.27. The summed E-state index contributed by atoms with van der Waals surface area (Å²) in [4.78, 5) is 2.34. The molecule has 3 rings (SSSR count). The Balaban J connectivity index is 1.81. The normalized spacial score (nSPS) is 16.9. The number of benzene rings is 1. The summed E-state index contributed by atoms with van der Waals surface area (Å²) in [5, 5.41) is 9.49. The van der Waals surface area contributed by atoms with Gasteiger partial charge in [0, 0.05) is 6.04 Å². The van der Waals surface area contributed by atoms with Crippen molar-refractivity contribution < 1.29 is 0 Å². The van der Waals surface area contributed by atoms with Crippen LogP contribution >= 0.6 is 23.1 Å². The molecule has 0 spiro atoms. The highest BCUT2D eigenvalue weighted by atomic mass is 32.2. The van der Waals surface area contributed by atoms with Crippen LogP contribution in [0.2, 0.25) is 0 Å². The lowest BCUT2D eigenvalue weighted by Gasteiger charge is -2.26. The van der Waals surface area contributed by atoms with Gasteiger partial charge in [0.2, 0.25) is 0 Å². The van der Waals surface area contributed by atoms with E-state index in [2.05, 4.69) is 45.3 Å². The van der Waals surface area contributed by atoms with Gasteiger partial charge in [-0.2, -0.15) is 0 Å². The van der Waals surface area contributed by atoms with Crippen molar-refractivity contribution in [3.63, 3.8) is 0 Å². The molecule has 1 atom stereocenters. The Morgan fingerprint density at radius 2 is 2.29 bits per heavy atom. The summed E-state index contributed by atoms with van der Waals surface area (Å²) in [5.41, 5.74) is 2.87. The molecule has 1 aromatic carbocycles. The van der Waals surface area contributed by atoms with Crippen LogP contribution in [0, 0.1) is 12.3 Å². The van der Waals surface area contributed by atoms with Crippen molar-refractivity contribution in [2.45, 2.75) is 29.8 Å². The lowest BCUT2D eigenvalue weighted by atomic mass is 10.1. The monoisotopic (exact) mass is 315 g/mol. The van der Waals surface area contributed by atoms with Gasteiger partial charge in [-0.3, -0.25) is 4.90 Å². The average molecular weight is 315 g/mol. The smallest absolute Gasteiger partial charge is 0.174 e. The summed E-state index contributed by atoms with van der Waals surface area (Å²) < 4.78 is 1.01. The van der Waals surface area contributed by atoms with Gasteiger partial charge in [0.15, 0.2) is 4.34 Å². The molecule has 0 bridgehead atoms. The molecule has 3 nitrogen and oxygen atoms in total. The zero-order chi connectivity index (χ0) is 14.7. The van der Waals surface area contributed by atoms with Crippen LogP contribution in [0.1, 0.15) is 28.6 Å². The predicted molar refractivity (Wildman–Crippen MR) is 88.4 cm³/mol. The largest absolute Gasteiger partial charge is 0.278 e. The van der Waals surface area contributed by atoms with Gasteiger partial charge >= 0.3 is 0 Å². The van der Waals surface area contributed by atoms with Crippen LogP contribution in [0.25, 0.3) is 0 Å². The number of hydrogen-bond acceptors (Lipinski definition) is 5. The third-order valence-corrected chi connectivity index (χ3v) is 5.68. The van der Waals surface area contributed by atoms with E-state index < -0.39 is 0 Å². The van der Waals surface area contributed by atoms with Gasteiger partial charge in [0.05, 0.1) is 13.1 Å². The van der Waals surface area contributed by atoms with E-state index in [1.54, 1.807) is 23.1 Å². The fourth-order valence-electron chi connectivity index (χ4n) is 2.87. The fourth-order valence-corrected chi connectivity index (χ4v) is 4.21. The average Bonchev–Trinajstić information content (AvgIpc) is 3.13. The second kappa shape index (κ2) is 6.61. The van der Waals surface area contributed by atoms with Crippen LogP contribution in [0.4, 0.5) is 0 Å². The molecule has 1 aromatic heterocycles. The summed E-state index contributed by atoms with van der Waals surface area (Å²) in [6.45, 7) is 1.43. The van der Waals surface area contributed by atoms with Gasteiger partial charge in [-0.1, -0.05) is 53.3 Å². The van der Waals surface area contributed by atoms with Gasteiger partial charge < -0.3 is 0 Å². The number of hydrogen-bond donors (Lipinski definition) is 0. The van der Waals surface area contributed by atoms with Gasteiger partial charge in [-0.15, -0.1) is 16.6 Å². The van der Waals surface area contributed by atoms with E-state index in [9.17, 15) is 0 Å². The van der Waals surface area contributed by atoms with Crippen molar-refractivity contribution in [3.8, 4) is 12.3 Å². The zero-order valence-electron chi connectivity index (χ0n) is 12.0. The first-order valence-electron chi connectivity index (χ1n) is 6.93. The van der Waals surface area contributed by atoms with Crippen LogP contribution in [0.5, 0.6) is 0 Å². The highest BCUT2D eigenvalue weighted by molar-refractivity contribution is 8.00. The number of terminal acetylenes is 1. The molecule has 0 saturated carbocycles. The number of nitrogens with zero attached hydrogens (tertiary/aromatic N) is 3. The van der Waals surface area contributed by atoms with Crippen molar-refractivity contribution in [1.82, 2.24) is 15.1 Å². The SMILES string of the molecule is C#CCN(Cc1nnc(SC)s1)[C@H]1CCc2ccccc21. The molecular formula is C16H17N3S2. The van der Waals surface area contributed by atoms with Gasteiger partial charge in [0.1, 0.15) is 5.01 Å². The van der Waals surface area contributed by atoms with E-state index >= 15 is 0 Å². The number of aryl methyl sites for hydroxylation is 1. The van der Waals surface area contributed by atoms with E-state index in [-0.39, 0.29) is 0 Å². The van der Waals surface area contributed by atoms with Crippen molar-refractivity contribution >= 4 is 23.1 Å². The topological polar surface area (TPSA) is 29.0 Å². The van der Waals surface area contributed by atoms with Gasteiger partial charge in [-0.05, 0) is 30.2 Å². The lowest BCUT2D eigenvalue weighted by Crippen LogP contribution is -2.27. The molecule has 1 aliphatic carbocycles. The first kappa shape index (κ1) is 14.6. The molecule has 108 valence electrons. The Bertz CT molecular complexity index is 660. The third kappa shape index (κ3) is 3.13. The standard InChI is InChI=1S/C16H17N3S2/c1-3-10-19(11-15-17-18-16(20-2)21-15)14-9-8-12-6-4-5-7-13(12)14/h1,4-7,14H,8-11H2,2H3/t14-/m0/s1. The third-order valence-electron chi connectivity index (χ3n) is 3.80. The Kier molecular flexibility index (Phi) is 4.59.